The first-order valence-corrected chi connectivity index (χ1v) is 7.12. The molecule has 2 nitrogen and oxygen atoms in total. The second kappa shape index (κ2) is 4.86. The maximum atomic E-state index is 4.41. The number of nitrogens with zero attached hydrogens (tertiary/aromatic N) is 1. The van der Waals surface area contributed by atoms with Gasteiger partial charge in [-0.1, -0.05) is 12.1 Å². The van der Waals surface area contributed by atoms with Gasteiger partial charge in [-0.15, -0.1) is 11.8 Å². The maximum absolute atomic E-state index is 4.41. The topological polar surface area (TPSA) is 28.7 Å². The normalized spacial score (nSPS) is 10.9. The van der Waals surface area contributed by atoms with Crippen LogP contribution in [0.4, 0.5) is 0 Å². The Kier molecular flexibility index (Phi) is 3.07. The number of hydrogen-bond donors (Lipinski definition) is 1. The first kappa shape index (κ1) is 11.4. The summed E-state index contributed by atoms with van der Waals surface area (Å²) < 4.78 is 0. The number of nitrogens with one attached hydrogen (secondary N) is 1. The van der Waals surface area contributed by atoms with E-state index in [1.807, 2.05) is 12.4 Å². The number of aromatic nitrogens is 2. The van der Waals surface area contributed by atoms with Crippen LogP contribution in [0, 0.1) is 0 Å². The van der Waals surface area contributed by atoms with Crippen LogP contribution in [0.25, 0.3) is 11.0 Å². The highest BCUT2D eigenvalue weighted by molar-refractivity contribution is 7.98. The van der Waals surface area contributed by atoms with Crippen molar-refractivity contribution in [3.8, 4) is 0 Å². The molecule has 0 radical (unpaired) electrons. The van der Waals surface area contributed by atoms with E-state index < -0.39 is 0 Å². The molecule has 0 aliphatic heterocycles. The number of thioether (sulfide) groups is 1. The van der Waals surface area contributed by atoms with Gasteiger partial charge in [-0.3, -0.25) is 0 Å². The third kappa shape index (κ3) is 2.27. The van der Waals surface area contributed by atoms with Crippen molar-refractivity contribution in [1.29, 1.82) is 0 Å². The van der Waals surface area contributed by atoms with Crippen LogP contribution < -0.4 is 0 Å². The van der Waals surface area contributed by atoms with Crippen molar-refractivity contribution >= 4 is 22.8 Å². The number of hydrogen-bond acceptors (Lipinski definition) is 2. The zero-order chi connectivity index (χ0) is 12.4. The van der Waals surface area contributed by atoms with E-state index in [1.54, 1.807) is 11.8 Å². The molecule has 0 fully saturated rings. The fraction of sp³-hybridized carbons (Fsp3) is 0.133. The molecule has 3 rings (SSSR count). The predicted octanol–water partition coefficient (Wildman–Crippen LogP) is 3.88. The Morgan fingerprint density at radius 1 is 1.11 bits per heavy atom. The van der Waals surface area contributed by atoms with Gasteiger partial charge in [-0.2, -0.15) is 0 Å². The molecule has 0 aliphatic rings. The van der Waals surface area contributed by atoms with Crippen molar-refractivity contribution in [2.24, 2.45) is 0 Å². The smallest absolute Gasteiger partial charge is 0.137 e. The standard InChI is InChI=1S/C15H14N2S/c1-18-14-4-2-11(3-5-14)8-12-9-13-6-7-16-15(13)17-10-12/h2-7,9-10H,8H2,1H3,(H,16,17). The van der Waals surface area contributed by atoms with Crippen LogP contribution in [-0.4, -0.2) is 16.2 Å². The van der Waals surface area contributed by atoms with Gasteiger partial charge in [0.2, 0.25) is 0 Å². The van der Waals surface area contributed by atoms with Gasteiger partial charge in [0.05, 0.1) is 0 Å². The van der Waals surface area contributed by atoms with Gasteiger partial charge in [0.25, 0.3) is 0 Å². The Hall–Kier alpha value is -1.74. The molecule has 0 spiro atoms. The van der Waals surface area contributed by atoms with Crippen LogP contribution in [0.3, 0.4) is 0 Å². The van der Waals surface area contributed by atoms with Crippen molar-refractivity contribution < 1.29 is 0 Å². The minimum atomic E-state index is 0.933. The average Bonchev–Trinajstić information content (AvgIpc) is 2.87. The lowest BCUT2D eigenvalue weighted by molar-refractivity contribution is 1.15. The van der Waals surface area contributed by atoms with E-state index in [9.17, 15) is 0 Å². The minimum absolute atomic E-state index is 0.933. The summed E-state index contributed by atoms with van der Waals surface area (Å²) >= 11 is 1.77. The van der Waals surface area contributed by atoms with E-state index in [1.165, 1.54) is 21.4 Å². The number of fused-ring (bicyclic) bond motifs is 1. The quantitative estimate of drug-likeness (QED) is 0.719. The summed E-state index contributed by atoms with van der Waals surface area (Å²) in [6.07, 6.45) is 6.90. The monoisotopic (exact) mass is 254 g/mol. The van der Waals surface area contributed by atoms with Crippen molar-refractivity contribution in [2.45, 2.75) is 11.3 Å². The van der Waals surface area contributed by atoms with E-state index >= 15 is 0 Å². The van der Waals surface area contributed by atoms with Crippen molar-refractivity contribution in [3.63, 3.8) is 0 Å². The van der Waals surface area contributed by atoms with E-state index in [2.05, 4.69) is 52.6 Å². The fourth-order valence-corrected chi connectivity index (χ4v) is 2.47. The molecule has 1 aromatic carbocycles. The highest BCUT2D eigenvalue weighted by Gasteiger charge is 2.00. The van der Waals surface area contributed by atoms with Crippen LogP contribution in [0.2, 0.25) is 0 Å². The lowest BCUT2D eigenvalue weighted by Gasteiger charge is -2.03. The number of aromatic amines is 1. The third-order valence-corrected chi connectivity index (χ3v) is 3.77. The highest BCUT2D eigenvalue weighted by atomic mass is 32.2. The van der Waals surface area contributed by atoms with Crippen molar-refractivity contribution in [1.82, 2.24) is 9.97 Å². The molecular formula is C15H14N2S. The van der Waals surface area contributed by atoms with Gasteiger partial charge in [0.15, 0.2) is 0 Å². The Balaban J connectivity index is 1.85. The summed E-state index contributed by atoms with van der Waals surface area (Å²) in [4.78, 5) is 8.83. The molecule has 90 valence electrons. The lowest BCUT2D eigenvalue weighted by atomic mass is 10.1. The molecule has 0 aliphatic carbocycles. The fourth-order valence-electron chi connectivity index (χ4n) is 2.06. The number of rotatable bonds is 3. The Morgan fingerprint density at radius 3 is 2.72 bits per heavy atom. The summed E-state index contributed by atoms with van der Waals surface area (Å²) in [5.74, 6) is 0. The molecule has 0 bridgehead atoms. The molecule has 2 heterocycles. The SMILES string of the molecule is CSc1ccc(Cc2cnc3[nH]ccc3c2)cc1. The number of benzene rings is 1. The summed E-state index contributed by atoms with van der Waals surface area (Å²) in [6.45, 7) is 0. The zero-order valence-corrected chi connectivity index (χ0v) is 11.0. The second-order valence-corrected chi connectivity index (χ2v) is 5.16. The van der Waals surface area contributed by atoms with Crippen LogP contribution in [0.1, 0.15) is 11.1 Å². The first-order chi connectivity index (χ1) is 8.85. The summed E-state index contributed by atoms with van der Waals surface area (Å²) in [5, 5.41) is 1.17. The molecule has 3 aromatic rings. The molecule has 0 amide bonds. The van der Waals surface area contributed by atoms with Gasteiger partial charge in [0.1, 0.15) is 5.65 Å². The van der Waals surface area contributed by atoms with E-state index in [0.29, 0.717) is 0 Å². The Bertz CT molecular complexity index is 656. The molecule has 1 N–H and O–H groups in total. The summed E-state index contributed by atoms with van der Waals surface area (Å²) in [5.41, 5.74) is 3.53. The van der Waals surface area contributed by atoms with Crippen LogP contribution in [0.15, 0.2) is 53.7 Å². The molecule has 18 heavy (non-hydrogen) atoms. The number of pyridine rings is 1. The summed E-state index contributed by atoms with van der Waals surface area (Å²) in [6, 6.07) is 13.0. The van der Waals surface area contributed by atoms with Crippen LogP contribution in [0.5, 0.6) is 0 Å². The molecule has 0 saturated carbocycles. The molecule has 0 unspecified atom stereocenters. The van der Waals surface area contributed by atoms with Gasteiger partial charge in [-0.25, -0.2) is 4.98 Å². The minimum Gasteiger partial charge on any atom is -0.346 e. The molecule has 0 saturated heterocycles. The van der Waals surface area contributed by atoms with Gasteiger partial charge in [0, 0.05) is 22.7 Å². The van der Waals surface area contributed by atoms with Gasteiger partial charge < -0.3 is 4.98 Å². The molecular weight excluding hydrogens is 240 g/mol. The van der Waals surface area contributed by atoms with Gasteiger partial charge >= 0.3 is 0 Å². The molecule has 2 aromatic heterocycles. The van der Waals surface area contributed by atoms with Crippen LogP contribution >= 0.6 is 11.8 Å². The number of H-pyrrole nitrogens is 1. The molecule has 3 heteroatoms. The largest absolute Gasteiger partial charge is 0.346 e. The van der Waals surface area contributed by atoms with Crippen LogP contribution in [-0.2, 0) is 6.42 Å². The van der Waals surface area contributed by atoms with E-state index in [-0.39, 0.29) is 0 Å². The second-order valence-electron chi connectivity index (χ2n) is 4.28. The first-order valence-electron chi connectivity index (χ1n) is 5.90. The maximum Gasteiger partial charge on any atom is 0.137 e. The summed E-state index contributed by atoms with van der Waals surface area (Å²) in [7, 11) is 0. The Morgan fingerprint density at radius 2 is 1.94 bits per heavy atom. The predicted molar refractivity (Wildman–Crippen MR) is 77.1 cm³/mol. The zero-order valence-electron chi connectivity index (χ0n) is 10.2. The lowest BCUT2D eigenvalue weighted by Crippen LogP contribution is -1.89. The average molecular weight is 254 g/mol. The van der Waals surface area contributed by atoms with Crippen molar-refractivity contribution in [2.75, 3.05) is 6.26 Å². The van der Waals surface area contributed by atoms with Gasteiger partial charge in [-0.05, 0) is 48.1 Å². The highest BCUT2D eigenvalue weighted by Crippen LogP contribution is 2.18. The van der Waals surface area contributed by atoms with E-state index in [0.717, 1.165) is 12.1 Å². The Labute approximate surface area is 110 Å². The third-order valence-electron chi connectivity index (χ3n) is 3.02. The molecule has 0 atom stereocenters. The van der Waals surface area contributed by atoms with E-state index in [4.69, 9.17) is 0 Å². The van der Waals surface area contributed by atoms with Crippen molar-refractivity contribution in [3.05, 3.63) is 59.9 Å².